The van der Waals surface area contributed by atoms with E-state index in [0.717, 1.165) is 5.52 Å². The van der Waals surface area contributed by atoms with Crippen molar-refractivity contribution < 1.29 is 10.0 Å². The number of nitro benzene ring substituents is 1. The highest BCUT2D eigenvalue weighted by molar-refractivity contribution is 5.96. The van der Waals surface area contributed by atoms with Crippen molar-refractivity contribution in [3.8, 4) is 0 Å². The lowest BCUT2D eigenvalue weighted by molar-refractivity contribution is -0.384. The van der Waals surface area contributed by atoms with Crippen LogP contribution in [0, 0.1) is 10.1 Å². The zero-order valence-corrected chi connectivity index (χ0v) is 10.2. The summed E-state index contributed by atoms with van der Waals surface area (Å²) < 4.78 is 1.66. The lowest BCUT2D eigenvalue weighted by Crippen LogP contribution is -2.22. The van der Waals surface area contributed by atoms with Crippen LogP contribution in [0.5, 0.6) is 0 Å². The van der Waals surface area contributed by atoms with Crippen LogP contribution in [0.3, 0.4) is 0 Å². The summed E-state index contributed by atoms with van der Waals surface area (Å²) in [5, 5.41) is 24.9. The van der Waals surface area contributed by atoms with Crippen LogP contribution in [-0.2, 0) is 7.05 Å². The molecule has 1 N–H and O–H groups in total. The average Bonchev–Trinajstić information content (AvgIpc) is 2.70. The van der Waals surface area contributed by atoms with Crippen molar-refractivity contribution >= 4 is 22.3 Å². The van der Waals surface area contributed by atoms with Crippen LogP contribution in [0.2, 0.25) is 0 Å². The number of aromatic nitrogens is 2. The number of aliphatic hydroxyl groups excluding tert-OH is 1. The fraction of sp³-hybridized carbons (Fsp3) is 0.364. The van der Waals surface area contributed by atoms with Crippen LogP contribution in [0.25, 0.3) is 10.9 Å². The minimum absolute atomic E-state index is 0.0199. The van der Waals surface area contributed by atoms with E-state index in [1.165, 1.54) is 6.07 Å². The quantitative estimate of drug-likeness (QED) is 0.644. The van der Waals surface area contributed by atoms with E-state index in [9.17, 15) is 10.1 Å². The van der Waals surface area contributed by atoms with E-state index in [0.29, 0.717) is 17.6 Å². The molecule has 0 bridgehead atoms. The Morgan fingerprint density at radius 2 is 2.28 bits per heavy atom. The number of nitro groups is 1. The van der Waals surface area contributed by atoms with Gasteiger partial charge >= 0.3 is 0 Å². The number of fused-ring (bicyclic) bond motifs is 1. The van der Waals surface area contributed by atoms with Crippen molar-refractivity contribution in [3.05, 3.63) is 28.4 Å². The number of anilines is 1. The molecule has 0 amide bonds. The van der Waals surface area contributed by atoms with Gasteiger partial charge in [-0.1, -0.05) is 0 Å². The van der Waals surface area contributed by atoms with Crippen LogP contribution in [0.1, 0.15) is 0 Å². The van der Waals surface area contributed by atoms with Gasteiger partial charge in [-0.05, 0) is 6.07 Å². The molecule has 0 spiro atoms. The minimum atomic E-state index is -0.421. The lowest BCUT2D eigenvalue weighted by atomic mass is 10.1. The van der Waals surface area contributed by atoms with Gasteiger partial charge in [-0.2, -0.15) is 5.10 Å². The third-order valence-electron chi connectivity index (χ3n) is 2.90. The second-order valence-corrected chi connectivity index (χ2v) is 4.04. The molecule has 0 radical (unpaired) electrons. The molecule has 18 heavy (non-hydrogen) atoms. The zero-order chi connectivity index (χ0) is 13.3. The first kappa shape index (κ1) is 12.3. The Morgan fingerprint density at radius 1 is 1.56 bits per heavy atom. The van der Waals surface area contributed by atoms with Crippen LogP contribution in [0.4, 0.5) is 11.4 Å². The van der Waals surface area contributed by atoms with E-state index in [1.807, 2.05) is 0 Å². The van der Waals surface area contributed by atoms with Crippen molar-refractivity contribution in [1.82, 2.24) is 9.78 Å². The van der Waals surface area contributed by atoms with Crippen molar-refractivity contribution in [2.24, 2.45) is 7.05 Å². The van der Waals surface area contributed by atoms with Gasteiger partial charge in [0.25, 0.3) is 5.69 Å². The van der Waals surface area contributed by atoms with Crippen molar-refractivity contribution in [3.63, 3.8) is 0 Å². The highest BCUT2D eigenvalue weighted by atomic mass is 16.6. The highest BCUT2D eigenvalue weighted by Crippen LogP contribution is 2.35. The standard InChI is InChI=1S/C11H14N4O3/c1-13(5-6-16)11-8-7-12-14(2)9(8)3-4-10(11)15(17)18/h3-4,7,16H,5-6H2,1-2H3. The monoisotopic (exact) mass is 250 g/mol. The second kappa shape index (κ2) is 4.61. The molecule has 2 rings (SSSR count). The van der Waals surface area contributed by atoms with Crippen LogP contribution in [0.15, 0.2) is 18.3 Å². The Hall–Kier alpha value is -2.15. The van der Waals surface area contributed by atoms with Crippen LogP contribution >= 0.6 is 0 Å². The summed E-state index contributed by atoms with van der Waals surface area (Å²) in [4.78, 5) is 12.3. The smallest absolute Gasteiger partial charge is 0.293 e. The lowest BCUT2D eigenvalue weighted by Gasteiger charge is -2.18. The number of benzene rings is 1. The highest BCUT2D eigenvalue weighted by Gasteiger charge is 2.21. The molecule has 7 nitrogen and oxygen atoms in total. The molecule has 0 aliphatic heterocycles. The zero-order valence-electron chi connectivity index (χ0n) is 10.2. The SMILES string of the molecule is CN(CCO)c1c([N+](=O)[O-])ccc2c1cnn2C. The normalized spacial score (nSPS) is 10.8. The first-order valence-corrected chi connectivity index (χ1v) is 5.47. The number of aliphatic hydroxyl groups is 1. The van der Waals surface area contributed by atoms with Gasteiger partial charge in [0, 0.05) is 26.7 Å². The first-order chi connectivity index (χ1) is 8.56. The minimum Gasteiger partial charge on any atom is -0.395 e. The van der Waals surface area contributed by atoms with Crippen LogP contribution in [-0.4, -0.2) is 40.0 Å². The van der Waals surface area contributed by atoms with Gasteiger partial charge in [0.15, 0.2) is 0 Å². The largest absolute Gasteiger partial charge is 0.395 e. The molecule has 1 heterocycles. The third kappa shape index (κ3) is 1.88. The summed E-state index contributed by atoms with van der Waals surface area (Å²) in [5.41, 5.74) is 1.33. The van der Waals surface area contributed by atoms with E-state index in [-0.39, 0.29) is 12.3 Å². The number of aryl methyl sites for hydroxylation is 1. The molecule has 0 saturated carbocycles. The molecule has 2 aromatic rings. The molecular weight excluding hydrogens is 236 g/mol. The van der Waals surface area contributed by atoms with Crippen molar-refractivity contribution in [1.29, 1.82) is 0 Å². The van der Waals surface area contributed by atoms with Crippen molar-refractivity contribution in [2.75, 3.05) is 25.1 Å². The molecule has 0 fully saturated rings. The van der Waals surface area contributed by atoms with E-state index in [4.69, 9.17) is 5.11 Å². The molecular formula is C11H14N4O3. The van der Waals surface area contributed by atoms with Gasteiger partial charge in [-0.25, -0.2) is 0 Å². The Balaban J connectivity index is 2.70. The Bertz CT molecular complexity index is 593. The predicted molar refractivity (Wildman–Crippen MR) is 67.7 cm³/mol. The Labute approximate surface area is 103 Å². The summed E-state index contributed by atoms with van der Waals surface area (Å²) in [6, 6.07) is 3.14. The fourth-order valence-corrected chi connectivity index (χ4v) is 2.01. The predicted octanol–water partition coefficient (Wildman–Crippen LogP) is 0.910. The Morgan fingerprint density at radius 3 is 2.89 bits per heavy atom. The van der Waals surface area contributed by atoms with E-state index < -0.39 is 4.92 Å². The van der Waals surface area contributed by atoms with E-state index in [1.54, 1.807) is 35.9 Å². The summed E-state index contributed by atoms with van der Waals surface area (Å²) in [6.45, 7) is 0.263. The van der Waals surface area contributed by atoms with Crippen LogP contribution < -0.4 is 4.90 Å². The average molecular weight is 250 g/mol. The first-order valence-electron chi connectivity index (χ1n) is 5.47. The number of rotatable bonds is 4. The molecule has 96 valence electrons. The van der Waals surface area contributed by atoms with Gasteiger partial charge in [-0.3, -0.25) is 14.8 Å². The second-order valence-electron chi connectivity index (χ2n) is 4.04. The maximum absolute atomic E-state index is 11.1. The molecule has 0 unspecified atom stereocenters. The van der Waals surface area contributed by atoms with Gasteiger partial charge in [0.05, 0.1) is 28.6 Å². The molecule has 0 aliphatic carbocycles. The molecule has 1 aromatic carbocycles. The van der Waals surface area contributed by atoms with Gasteiger partial charge in [-0.15, -0.1) is 0 Å². The molecule has 1 aromatic heterocycles. The van der Waals surface area contributed by atoms with E-state index >= 15 is 0 Å². The molecule has 0 atom stereocenters. The third-order valence-corrected chi connectivity index (χ3v) is 2.90. The number of hydrogen-bond donors (Lipinski definition) is 1. The molecule has 7 heteroatoms. The molecule has 0 saturated heterocycles. The molecule has 0 aliphatic rings. The maximum Gasteiger partial charge on any atom is 0.293 e. The number of nitrogens with zero attached hydrogens (tertiary/aromatic N) is 4. The van der Waals surface area contributed by atoms with Crippen molar-refractivity contribution in [2.45, 2.75) is 0 Å². The summed E-state index contributed by atoms with van der Waals surface area (Å²) in [7, 11) is 3.50. The number of hydrogen-bond acceptors (Lipinski definition) is 5. The maximum atomic E-state index is 11.1. The summed E-state index contributed by atoms with van der Waals surface area (Å²) in [5.74, 6) is 0. The van der Waals surface area contributed by atoms with E-state index in [2.05, 4.69) is 5.10 Å². The fourth-order valence-electron chi connectivity index (χ4n) is 2.01. The summed E-state index contributed by atoms with van der Waals surface area (Å²) >= 11 is 0. The number of likely N-dealkylation sites (N-methyl/N-ethyl adjacent to an activating group) is 1. The summed E-state index contributed by atoms with van der Waals surface area (Å²) in [6.07, 6.45) is 1.60. The van der Waals surface area contributed by atoms with Gasteiger partial charge in [0.1, 0.15) is 5.69 Å². The van der Waals surface area contributed by atoms with Gasteiger partial charge in [0.2, 0.25) is 0 Å². The van der Waals surface area contributed by atoms with Gasteiger partial charge < -0.3 is 10.0 Å². The topological polar surface area (TPSA) is 84.4 Å². The Kier molecular flexibility index (Phi) is 3.15.